The quantitative estimate of drug-likeness (QED) is 0.455. The molecule has 0 radical (unpaired) electrons. The monoisotopic (exact) mass is 385 g/mol. The van der Waals surface area contributed by atoms with Gasteiger partial charge >= 0.3 is 7.60 Å². The van der Waals surface area contributed by atoms with E-state index in [-0.39, 0.29) is 12.2 Å². The fourth-order valence-electron chi connectivity index (χ4n) is 3.89. The minimum absolute atomic E-state index is 0.215. The molecular weight excluding hydrogens is 357 g/mol. The summed E-state index contributed by atoms with van der Waals surface area (Å²) in [6.07, 6.45) is 0.231. The van der Waals surface area contributed by atoms with Crippen molar-refractivity contribution in [1.82, 2.24) is 4.57 Å². The van der Waals surface area contributed by atoms with E-state index in [9.17, 15) is 4.57 Å². The van der Waals surface area contributed by atoms with Crippen molar-refractivity contribution in [3.05, 3.63) is 59.3 Å². The zero-order valence-corrected chi connectivity index (χ0v) is 17.8. The second-order valence-electron chi connectivity index (χ2n) is 7.31. The second kappa shape index (κ2) is 7.63. The summed E-state index contributed by atoms with van der Waals surface area (Å²) in [5.41, 5.74) is 6.79. The van der Waals surface area contributed by atoms with E-state index in [1.165, 1.54) is 25.3 Å². The summed E-state index contributed by atoms with van der Waals surface area (Å²) in [5, 5.41) is 1.16. The molecule has 0 N–H and O–H groups in total. The van der Waals surface area contributed by atoms with Gasteiger partial charge in [-0.2, -0.15) is 0 Å². The summed E-state index contributed by atoms with van der Waals surface area (Å²) in [7, 11) is -0.322. The molecular formula is C22H28NO3P. The summed E-state index contributed by atoms with van der Waals surface area (Å²) in [4.78, 5) is 0. The van der Waals surface area contributed by atoms with Gasteiger partial charge in [-0.05, 0) is 39.3 Å². The first-order valence-electron chi connectivity index (χ1n) is 9.20. The summed E-state index contributed by atoms with van der Waals surface area (Å²) in [6, 6.07) is 15.1. The topological polar surface area (TPSA) is 40.5 Å². The van der Waals surface area contributed by atoms with Crippen molar-refractivity contribution in [3.8, 4) is 11.1 Å². The van der Waals surface area contributed by atoms with Gasteiger partial charge in [-0.1, -0.05) is 47.5 Å². The van der Waals surface area contributed by atoms with E-state index >= 15 is 0 Å². The Labute approximate surface area is 161 Å². The molecule has 0 spiro atoms. The van der Waals surface area contributed by atoms with Crippen LogP contribution in [-0.2, 0) is 19.8 Å². The maximum Gasteiger partial charge on any atom is 0.336 e. The molecule has 1 heterocycles. The highest BCUT2D eigenvalue weighted by Crippen LogP contribution is 2.53. The third-order valence-corrected chi connectivity index (χ3v) is 6.74. The fourth-order valence-corrected chi connectivity index (χ4v) is 4.97. The number of aryl methyl sites for hydroxylation is 2. The van der Waals surface area contributed by atoms with E-state index in [0.29, 0.717) is 0 Å². The largest absolute Gasteiger partial charge is 0.341 e. The van der Waals surface area contributed by atoms with Crippen LogP contribution in [0, 0.1) is 13.8 Å². The number of hydrogen-bond donors (Lipinski definition) is 0. The first kappa shape index (κ1) is 19.9. The molecule has 0 aliphatic carbocycles. The van der Waals surface area contributed by atoms with Gasteiger partial charge in [0.2, 0.25) is 0 Å². The summed E-state index contributed by atoms with van der Waals surface area (Å²) < 4.78 is 25.8. The molecule has 3 aromatic rings. The Bertz CT molecular complexity index is 992. The summed E-state index contributed by atoms with van der Waals surface area (Å²) >= 11 is 0. The maximum atomic E-state index is 13.0. The molecule has 0 aliphatic heterocycles. The van der Waals surface area contributed by atoms with E-state index in [4.69, 9.17) is 9.05 Å². The Balaban J connectivity index is 2.40. The van der Waals surface area contributed by atoms with E-state index in [2.05, 4.69) is 68.7 Å². The molecule has 3 rings (SSSR count). The molecule has 0 bridgehead atoms. The van der Waals surface area contributed by atoms with Gasteiger partial charge in [0.15, 0.2) is 0 Å². The first-order valence-corrected chi connectivity index (χ1v) is 10.9. The number of fused-ring (bicyclic) bond motifs is 1. The van der Waals surface area contributed by atoms with Gasteiger partial charge in [0.25, 0.3) is 0 Å². The number of nitrogens with zero attached hydrogens (tertiary/aromatic N) is 1. The van der Waals surface area contributed by atoms with Crippen LogP contribution in [0.25, 0.3) is 22.0 Å². The van der Waals surface area contributed by atoms with Crippen LogP contribution in [-0.4, -0.2) is 18.8 Å². The lowest BCUT2D eigenvalue weighted by molar-refractivity contribution is 0.274. The van der Waals surface area contributed by atoms with Crippen LogP contribution in [0.4, 0.5) is 0 Å². The van der Waals surface area contributed by atoms with Gasteiger partial charge in [0.1, 0.15) is 0 Å². The van der Waals surface area contributed by atoms with Gasteiger partial charge in [-0.3, -0.25) is 4.57 Å². The minimum Gasteiger partial charge on any atom is -0.341 e. The second-order valence-corrected chi connectivity index (χ2v) is 9.58. The van der Waals surface area contributed by atoms with Crippen LogP contribution in [0.15, 0.2) is 42.5 Å². The molecule has 5 heteroatoms. The average molecular weight is 385 g/mol. The van der Waals surface area contributed by atoms with Gasteiger partial charge in [-0.25, -0.2) is 0 Å². The number of aromatic nitrogens is 1. The number of rotatable bonds is 6. The SMILES string of the molecule is COP(=O)(Cc1c(-c2cc(C)cc(C)c2)c2ccccc2n1C(C)C)OC. The number of para-hydroxylation sites is 1. The Hall–Kier alpha value is -1.87. The molecule has 144 valence electrons. The molecule has 0 saturated carbocycles. The van der Waals surface area contributed by atoms with Crippen molar-refractivity contribution < 1.29 is 13.6 Å². The standard InChI is InChI=1S/C22H28NO3P/c1-15(2)23-20-10-8-7-9-19(20)22(18-12-16(3)11-17(4)13-18)21(23)14-27(24,25-5)26-6/h7-13,15H,14H2,1-6H3. The lowest BCUT2D eigenvalue weighted by Gasteiger charge is -2.20. The Morgan fingerprint density at radius 1 is 1.00 bits per heavy atom. The third-order valence-electron chi connectivity index (χ3n) is 4.94. The molecule has 1 aromatic heterocycles. The van der Waals surface area contributed by atoms with Crippen LogP contribution in [0.2, 0.25) is 0 Å². The lowest BCUT2D eigenvalue weighted by atomic mass is 9.98. The van der Waals surface area contributed by atoms with Crippen molar-refractivity contribution >= 4 is 18.5 Å². The lowest BCUT2D eigenvalue weighted by Crippen LogP contribution is -2.07. The normalized spacial score (nSPS) is 12.3. The molecule has 4 nitrogen and oxygen atoms in total. The molecule has 0 fully saturated rings. The Kier molecular flexibility index (Phi) is 5.62. The van der Waals surface area contributed by atoms with Gasteiger partial charge < -0.3 is 13.6 Å². The molecule has 27 heavy (non-hydrogen) atoms. The van der Waals surface area contributed by atoms with E-state index in [0.717, 1.165) is 27.7 Å². The van der Waals surface area contributed by atoms with Crippen molar-refractivity contribution in [1.29, 1.82) is 0 Å². The van der Waals surface area contributed by atoms with Crippen molar-refractivity contribution in [2.24, 2.45) is 0 Å². The predicted octanol–water partition coefficient (Wildman–Crippen LogP) is 6.49. The van der Waals surface area contributed by atoms with E-state index in [1.807, 2.05) is 6.07 Å². The highest BCUT2D eigenvalue weighted by molar-refractivity contribution is 7.52. The molecule has 0 atom stereocenters. The number of hydrogen-bond acceptors (Lipinski definition) is 3. The predicted molar refractivity (Wildman–Crippen MR) is 113 cm³/mol. The smallest absolute Gasteiger partial charge is 0.336 e. The van der Waals surface area contributed by atoms with Gasteiger partial charge in [0, 0.05) is 42.4 Å². The van der Waals surface area contributed by atoms with Crippen molar-refractivity contribution in [3.63, 3.8) is 0 Å². The summed E-state index contributed by atoms with van der Waals surface area (Å²) in [6.45, 7) is 8.50. The van der Waals surface area contributed by atoms with Crippen LogP contribution in [0.1, 0.15) is 36.7 Å². The highest BCUT2D eigenvalue weighted by atomic mass is 31.2. The maximum absolute atomic E-state index is 13.0. The Morgan fingerprint density at radius 3 is 2.15 bits per heavy atom. The molecule has 0 amide bonds. The van der Waals surface area contributed by atoms with Crippen molar-refractivity contribution in [2.75, 3.05) is 14.2 Å². The van der Waals surface area contributed by atoms with Gasteiger partial charge in [-0.15, -0.1) is 0 Å². The third kappa shape index (κ3) is 3.75. The van der Waals surface area contributed by atoms with E-state index < -0.39 is 7.60 Å². The first-order chi connectivity index (χ1) is 12.8. The highest BCUT2D eigenvalue weighted by Gasteiger charge is 2.29. The average Bonchev–Trinajstić information content (AvgIpc) is 2.94. The minimum atomic E-state index is -3.22. The van der Waals surface area contributed by atoms with E-state index in [1.54, 1.807) is 0 Å². The zero-order chi connectivity index (χ0) is 19.8. The van der Waals surface area contributed by atoms with Crippen molar-refractivity contribution in [2.45, 2.75) is 39.9 Å². The molecule has 0 aliphatic rings. The zero-order valence-electron chi connectivity index (χ0n) is 16.9. The summed E-state index contributed by atoms with van der Waals surface area (Å²) in [5.74, 6) is 0. The van der Waals surface area contributed by atoms with Gasteiger partial charge in [0.05, 0.1) is 6.16 Å². The Morgan fingerprint density at radius 2 is 1.59 bits per heavy atom. The number of benzene rings is 2. The van der Waals surface area contributed by atoms with Crippen LogP contribution >= 0.6 is 7.60 Å². The van der Waals surface area contributed by atoms with Crippen LogP contribution < -0.4 is 0 Å². The fraction of sp³-hybridized carbons (Fsp3) is 0.364. The van der Waals surface area contributed by atoms with Crippen LogP contribution in [0.5, 0.6) is 0 Å². The molecule has 0 unspecified atom stereocenters. The van der Waals surface area contributed by atoms with Crippen LogP contribution in [0.3, 0.4) is 0 Å². The molecule has 2 aromatic carbocycles. The molecule has 0 saturated heterocycles.